The van der Waals surface area contributed by atoms with Crippen LogP contribution in [0, 0.1) is 11.6 Å². The molecule has 0 aliphatic carbocycles. The fourth-order valence-corrected chi connectivity index (χ4v) is 2.82. The number of rotatable bonds is 5. The molecular formula is C15H22BrF2N3. The molecule has 0 aromatic heterocycles. The van der Waals surface area contributed by atoms with Crippen molar-refractivity contribution in [3.05, 3.63) is 33.8 Å². The predicted molar refractivity (Wildman–Crippen MR) is 84.3 cm³/mol. The Bertz CT molecular complexity index is 474. The van der Waals surface area contributed by atoms with Gasteiger partial charge in [-0.2, -0.15) is 0 Å². The van der Waals surface area contributed by atoms with Gasteiger partial charge in [0.25, 0.3) is 0 Å². The Balaban J connectivity index is 1.88. The molecule has 1 aromatic carbocycles. The molecule has 0 saturated carbocycles. The van der Waals surface area contributed by atoms with E-state index < -0.39 is 11.6 Å². The average Bonchev–Trinajstić information content (AvgIpc) is 2.47. The molecule has 1 heterocycles. The van der Waals surface area contributed by atoms with Gasteiger partial charge in [0.2, 0.25) is 0 Å². The van der Waals surface area contributed by atoms with Gasteiger partial charge in [-0.25, -0.2) is 8.78 Å². The molecule has 6 heteroatoms. The van der Waals surface area contributed by atoms with E-state index >= 15 is 0 Å². The number of halogens is 3. The van der Waals surface area contributed by atoms with Gasteiger partial charge in [-0.15, -0.1) is 0 Å². The molecular weight excluding hydrogens is 340 g/mol. The largest absolute Gasteiger partial charge is 0.308 e. The third-order valence-corrected chi connectivity index (χ3v) is 4.46. The summed E-state index contributed by atoms with van der Waals surface area (Å²) in [5, 5.41) is 0. The molecule has 2 rings (SSSR count). The topological polar surface area (TPSA) is 9.72 Å². The highest BCUT2D eigenvalue weighted by Gasteiger charge is 2.20. The summed E-state index contributed by atoms with van der Waals surface area (Å²) in [5.41, 5.74) is 0.158. The molecule has 0 amide bonds. The first-order valence-electron chi connectivity index (χ1n) is 7.19. The van der Waals surface area contributed by atoms with Gasteiger partial charge in [-0.05, 0) is 42.2 Å². The van der Waals surface area contributed by atoms with Gasteiger partial charge < -0.3 is 4.90 Å². The van der Waals surface area contributed by atoms with Crippen LogP contribution < -0.4 is 0 Å². The van der Waals surface area contributed by atoms with Crippen molar-refractivity contribution in [2.24, 2.45) is 0 Å². The van der Waals surface area contributed by atoms with Crippen molar-refractivity contribution >= 4 is 15.9 Å². The predicted octanol–water partition coefficient (Wildman–Crippen LogP) is 2.41. The third-order valence-electron chi connectivity index (χ3n) is 3.85. The minimum atomic E-state index is -0.481. The Labute approximate surface area is 133 Å². The van der Waals surface area contributed by atoms with Crippen LogP contribution in [0.3, 0.4) is 0 Å². The molecule has 0 radical (unpaired) electrons. The summed E-state index contributed by atoms with van der Waals surface area (Å²) in [4.78, 5) is 6.67. The summed E-state index contributed by atoms with van der Waals surface area (Å²) in [5.74, 6) is -0.948. The Kier molecular flexibility index (Phi) is 6.10. The van der Waals surface area contributed by atoms with Gasteiger partial charge in [0, 0.05) is 51.4 Å². The van der Waals surface area contributed by atoms with Gasteiger partial charge in [0.15, 0.2) is 0 Å². The van der Waals surface area contributed by atoms with E-state index in [0.29, 0.717) is 11.0 Å². The summed E-state index contributed by atoms with van der Waals surface area (Å²) < 4.78 is 28.1. The summed E-state index contributed by atoms with van der Waals surface area (Å²) in [6, 6.07) is 2.73. The van der Waals surface area contributed by atoms with Crippen LogP contribution in [-0.2, 0) is 6.54 Å². The minimum Gasteiger partial charge on any atom is -0.308 e. The van der Waals surface area contributed by atoms with Crippen LogP contribution in [0.4, 0.5) is 8.78 Å². The molecule has 1 saturated heterocycles. The highest BCUT2D eigenvalue weighted by Crippen LogP contribution is 2.23. The number of hydrogen-bond donors (Lipinski definition) is 0. The average molecular weight is 362 g/mol. The maximum atomic E-state index is 14.0. The standard InChI is InChI=1S/C15H22BrF2N3/c1-19(2)5-6-20-7-9-21(10-8-20)11-12-14(17)4-3-13(16)15(12)18/h3-4H,5-11H2,1-2H3. The lowest BCUT2D eigenvalue weighted by Gasteiger charge is -2.35. The lowest BCUT2D eigenvalue weighted by atomic mass is 10.1. The maximum Gasteiger partial charge on any atom is 0.144 e. The van der Waals surface area contributed by atoms with E-state index in [-0.39, 0.29) is 5.56 Å². The van der Waals surface area contributed by atoms with Crippen molar-refractivity contribution < 1.29 is 8.78 Å². The Morgan fingerprint density at radius 2 is 1.71 bits per heavy atom. The molecule has 1 aliphatic rings. The lowest BCUT2D eigenvalue weighted by molar-refractivity contribution is 0.118. The van der Waals surface area contributed by atoms with Crippen LogP contribution in [0.2, 0.25) is 0 Å². The zero-order valence-electron chi connectivity index (χ0n) is 12.6. The molecule has 0 atom stereocenters. The molecule has 3 nitrogen and oxygen atoms in total. The molecule has 0 bridgehead atoms. The summed E-state index contributed by atoms with van der Waals surface area (Å²) in [6.07, 6.45) is 0. The Morgan fingerprint density at radius 3 is 2.33 bits per heavy atom. The first kappa shape index (κ1) is 16.8. The third kappa shape index (κ3) is 4.71. The Hall–Kier alpha value is -0.560. The SMILES string of the molecule is CN(C)CCN1CCN(Cc2c(F)ccc(Br)c2F)CC1. The van der Waals surface area contributed by atoms with E-state index in [9.17, 15) is 8.78 Å². The number of benzene rings is 1. The van der Waals surface area contributed by atoms with Crippen LogP contribution in [0.15, 0.2) is 16.6 Å². The zero-order valence-corrected chi connectivity index (χ0v) is 14.2. The van der Waals surface area contributed by atoms with E-state index in [1.807, 2.05) is 0 Å². The first-order chi connectivity index (χ1) is 9.97. The summed E-state index contributed by atoms with van der Waals surface area (Å²) in [6.45, 7) is 6.00. The highest BCUT2D eigenvalue weighted by atomic mass is 79.9. The molecule has 0 unspecified atom stereocenters. The van der Waals surface area contributed by atoms with E-state index in [1.54, 1.807) is 0 Å². The molecule has 21 heavy (non-hydrogen) atoms. The normalized spacial score (nSPS) is 17.6. The monoisotopic (exact) mass is 361 g/mol. The van der Waals surface area contributed by atoms with Crippen molar-refractivity contribution in [1.82, 2.24) is 14.7 Å². The van der Waals surface area contributed by atoms with Crippen LogP contribution in [0.1, 0.15) is 5.56 Å². The molecule has 0 N–H and O–H groups in total. The van der Waals surface area contributed by atoms with Crippen molar-refractivity contribution in [3.63, 3.8) is 0 Å². The van der Waals surface area contributed by atoms with E-state index in [1.165, 1.54) is 12.1 Å². The van der Waals surface area contributed by atoms with Crippen molar-refractivity contribution in [1.29, 1.82) is 0 Å². The molecule has 1 fully saturated rings. The van der Waals surface area contributed by atoms with E-state index in [2.05, 4.69) is 44.7 Å². The molecule has 0 spiro atoms. The smallest absolute Gasteiger partial charge is 0.144 e. The van der Waals surface area contributed by atoms with Crippen LogP contribution in [0.5, 0.6) is 0 Å². The highest BCUT2D eigenvalue weighted by molar-refractivity contribution is 9.10. The number of likely N-dealkylation sites (N-methyl/N-ethyl adjacent to an activating group) is 1. The van der Waals surface area contributed by atoms with Crippen LogP contribution >= 0.6 is 15.9 Å². The second kappa shape index (κ2) is 7.63. The van der Waals surface area contributed by atoms with Gasteiger partial charge in [-0.3, -0.25) is 9.80 Å². The number of hydrogen-bond acceptors (Lipinski definition) is 3. The summed E-state index contributed by atoms with van der Waals surface area (Å²) >= 11 is 3.12. The fourth-order valence-electron chi connectivity index (χ4n) is 2.45. The molecule has 118 valence electrons. The second-order valence-corrected chi connectivity index (χ2v) is 6.60. The summed E-state index contributed by atoms with van der Waals surface area (Å²) in [7, 11) is 4.13. The van der Waals surface area contributed by atoms with Gasteiger partial charge in [0.05, 0.1) is 4.47 Å². The first-order valence-corrected chi connectivity index (χ1v) is 7.98. The van der Waals surface area contributed by atoms with Crippen molar-refractivity contribution in [2.75, 3.05) is 53.4 Å². The lowest BCUT2D eigenvalue weighted by Crippen LogP contribution is -2.47. The van der Waals surface area contributed by atoms with Crippen LogP contribution in [0.25, 0.3) is 0 Å². The number of nitrogens with zero attached hydrogens (tertiary/aromatic N) is 3. The second-order valence-electron chi connectivity index (χ2n) is 5.74. The van der Waals surface area contributed by atoms with E-state index in [0.717, 1.165) is 39.3 Å². The quantitative estimate of drug-likeness (QED) is 0.745. The minimum absolute atomic E-state index is 0.158. The van der Waals surface area contributed by atoms with Crippen molar-refractivity contribution in [2.45, 2.75) is 6.54 Å². The number of piperazine rings is 1. The zero-order chi connectivity index (χ0) is 15.4. The van der Waals surface area contributed by atoms with E-state index in [4.69, 9.17) is 0 Å². The van der Waals surface area contributed by atoms with Crippen LogP contribution in [-0.4, -0.2) is 68.1 Å². The fraction of sp³-hybridized carbons (Fsp3) is 0.600. The van der Waals surface area contributed by atoms with Crippen molar-refractivity contribution in [3.8, 4) is 0 Å². The molecule has 1 aromatic rings. The van der Waals surface area contributed by atoms with Gasteiger partial charge in [-0.1, -0.05) is 0 Å². The van der Waals surface area contributed by atoms with Gasteiger partial charge >= 0.3 is 0 Å². The Morgan fingerprint density at radius 1 is 1.10 bits per heavy atom. The van der Waals surface area contributed by atoms with Gasteiger partial charge in [0.1, 0.15) is 11.6 Å². The maximum absolute atomic E-state index is 14.0. The molecule has 1 aliphatic heterocycles.